The second-order valence-electron chi connectivity index (χ2n) is 6.21. The minimum absolute atomic E-state index is 0.0386. The van der Waals surface area contributed by atoms with Crippen LogP contribution in [0.15, 0.2) is 70.3 Å². The van der Waals surface area contributed by atoms with E-state index < -0.39 is 21.2 Å². The van der Waals surface area contributed by atoms with E-state index in [1.165, 1.54) is 24.3 Å². The van der Waals surface area contributed by atoms with Crippen LogP contribution >= 0.6 is 11.3 Å². The van der Waals surface area contributed by atoms with E-state index in [0.29, 0.717) is 5.56 Å². The molecule has 2 aromatic carbocycles. The van der Waals surface area contributed by atoms with Crippen molar-refractivity contribution in [2.75, 3.05) is 4.72 Å². The topological polar surface area (TPSA) is 116 Å². The van der Waals surface area contributed by atoms with E-state index >= 15 is 0 Å². The molecule has 1 aromatic heterocycles. The molecule has 1 atom stereocenters. The first-order valence-corrected chi connectivity index (χ1v) is 11.3. The summed E-state index contributed by atoms with van der Waals surface area (Å²) in [5, 5.41) is 12.8. The molecule has 1 unspecified atom stereocenters. The average Bonchev–Trinajstić information content (AvgIpc) is 3.28. The van der Waals surface area contributed by atoms with Crippen molar-refractivity contribution < 1.29 is 22.9 Å². The monoisotopic (exact) mass is 446 g/mol. The van der Waals surface area contributed by atoms with Gasteiger partial charge < -0.3 is 4.74 Å². The second-order valence-corrected chi connectivity index (χ2v) is 9.07. The zero-order chi connectivity index (χ0) is 21.7. The van der Waals surface area contributed by atoms with E-state index in [-0.39, 0.29) is 33.4 Å². The Kier molecular flexibility index (Phi) is 6.48. The summed E-state index contributed by atoms with van der Waals surface area (Å²) >= 11 is 1.02. The van der Waals surface area contributed by atoms with Gasteiger partial charge in [0.05, 0.1) is 17.0 Å². The van der Waals surface area contributed by atoms with Crippen molar-refractivity contribution in [3.05, 3.63) is 87.3 Å². The maximum atomic E-state index is 12.8. The van der Waals surface area contributed by atoms with E-state index in [4.69, 9.17) is 4.74 Å². The van der Waals surface area contributed by atoms with Gasteiger partial charge in [-0.1, -0.05) is 43.3 Å². The van der Waals surface area contributed by atoms with Crippen molar-refractivity contribution in [2.45, 2.75) is 23.8 Å². The first-order chi connectivity index (χ1) is 14.3. The summed E-state index contributed by atoms with van der Waals surface area (Å²) in [6, 6.07) is 15.6. The van der Waals surface area contributed by atoms with Crippen LogP contribution in [0.3, 0.4) is 0 Å². The highest BCUT2D eigenvalue weighted by Crippen LogP contribution is 2.31. The Morgan fingerprint density at radius 1 is 1.13 bits per heavy atom. The molecule has 3 rings (SSSR count). The van der Waals surface area contributed by atoms with E-state index in [1.807, 2.05) is 0 Å². The van der Waals surface area contributed by atoms with Gasteiger partial charge >= 0.3 is 6.23 Å². The van der Waals surface area contributed by atoms with Gasteiger partial charge in [-0.05, 0) is 29.6 Å². The highest BCUT2D eigenvalue weighted by molar-refractivity contribution is 7.94. The lowest BCUT2D eigenvalue weighted by molar-refractivity contribution is -0.563. The minimum atomic E-state index is -3.95. The fraction of sp³-hybridized carbons (Fsp3) is 0.150. The molecule has 0 aliphatic rings. The number of ketones is 1. The second kappa shape index (κ2) is 9.06. The van der Waals surface area contributed by atoms with Gasteiger partial charge in [-0.3, -0.25) is 19.6 Å². The van der Waals surface area contributed by atoms with Gasteiger partial charge in [-0.2, -0.15) is 0 Å². The Morgan fingerprint density at radius 3 is 2.47 bits per heavy atom. The fourth-order valence-corrected chi connectivity index (χ4v) is 4.70. The van der Waals surface area contributed by atoms with Gasteiger partial charge in [0.15, 0.2) is 11.5 Å². The minimum Gasteiger partial charge on any atom is -0.428 e. The summed E-state index contributed by atoms with van der Waals surface area (Å²) in [6.07, 6.45) is -1.28. The smallest absolute Gasteiger partial charge is 0.353 e. The first kappa shape index (κ1) is 21.5. The maximum absolute atomic E-state index is 12.8. The van der Waals surface area contributed by atoms with Crippen molar-refractivity contribution in [1.29, 1.82) is 0 Å². The van der Waals surface area contributed by atoms with E-state index in [9.17, 15) is 23.3 Å². The quantitative estimate of drug-likeness (QED) is 0.228. The Bertz CT molecular complexity index is 1150. The molecule has 0 spiro atoms. The molecule has 0 saturated heterocycles. The third kappa shape index (κ3) is 4.84. The number of benzene rings is 2. The first-order valence-electron chi connectivity index (χ1n) is 8.92. The van der Waals surface area contributed by atoms with Gasteiger partial charge in [-0.15, -0.1) is 11.3 Å². The summed E-state index contributed by atoms with van der Waals surface area (Å²) in [7, 11) is -3.95. The van der Waals surface area contributed by atoms with Crippen molar-refractivity contribution in [3.63, 3.8) is 0 Å². The summed E-state index contributed by atoms with van der Waals surface area (Å²) in [6.45, 7) is 1.58. The molecule has 156 valence electrons. The molecule has 30 heavy (non-hydrogen) atoms. The highest BCUT2D eigenvalue weighted by atomic mass is 32.2. The molecule has 1 N–H and O–H groups in total. The molecule has 8 nitrogen and oxygen atoms in total. The number of anilines is 1. The van der Waals surface area contributed by atoms with E-state index in [2.05, 4.69) is 4.72 Å². The molecular formula is C20H18N2O6S2. The molecular weight excluding hydrogens is 428 g/mol. The van der Waals surface area contributed by atoms with Crippen molar-refractivity contribution in [3.8, 4) is 5.75 Å². The number of nitro groups is 1. The lowest BCUT2D eigenvalue weighted by atomic mass is 10.0. The zero-order valence-electron chi connectivity index (χ0n) is 15.8. The van der Waals surface area contributed by atoms with Crippen LogP contribution in [-0.2, 0) is 10.0 Å². The third-order valence-corrected chi connectivity index (χ3v) is 6.89. The molecule has 0 radical (unpaired) electrons. The van der Waals surface area contributed by atoms with Crippen LogP contribution in [0.2, 0.25) is 0 Å². The summed E-state index contributed by atoms with van der Waals surface area (Å²) < 4.78 is 33.2. The average molecular weight is 447 g/mol. The molecule has 10 heteroatoms. The molecule has 1 heterocycles. The van der Waals surface area contributed by atoms with Crippen molar-refractivity contribution in [2.24, 2.45) is 0 Å². The van der Waals surface area contributed by atoms with Crippen LogP contribution in [0.4, 0.5) is 5.69 Å². The van der Waals surface area contributed by atoms with Gasteiger partial charge in [0.1, 0.15) is 4.21 Å². The van der Waals surface area contributed by atoms with Crippen LogP contribution in [0.1, 0.15) is 29.3 Å². The highest BCUT2D eigenvalue weighted by Gasteiger charge is 2.24. The predicted molar refractivity (Wildman–Crippen MR) is 113 cm³/mol. The SMILES string of the molecule is CCC(Oc1ccc(C(=O)c2ccccc2)cc1NS(=O)(=O)c1cccs1)[N+](=O)[O-]. The fourth-order valence-electron chi connectivity index (χ4n) is 2.64. The van der Waals surface area contributed by atoms with Crippen LogP contribution in [0.25, 0.3) is 0 Å². The number of rotatable bonds is 9. The third-order valence-electron chi connectivity index (χ3n) is 4.13. The van der Waals surface area contributed by atoms with Gasteiger partial charge in [-0.25, -0.2) is 8.42 Å². The Balaban J connectivity index is 2.02. The molecule has 0 aliphatic heterocycles. The zero-order valence-corrected chi connectivity index (χ0v) is 17.5. The Morgan fingerprint density at radius 2 is 1.87 bits per heavy atom. The lowest BCUT2D eigenvalue weighted by Crippen LogP contribution is -2.26. The number of carbonyl (C=O) groups excluding carboxylic acids is 1. The summed E-state index contributed by atoms with van der Waals surface area (Å²) in [4.78, 5) is 23.3. The maximum Gasteiger partial charge on any atom is 0.353 e. The van der Waals surface area contributed by atoms with Gasteiger partial charge in [0.25, 0.3) is 10.0 Å². The van der Waals surface area contributed by atoms with Crippen LogP contribution in [0.5, 0.6) is 5.75 Å². The lowest BCUT2D eigenvalue weighted by Gasteiger charge is -2.16. The van der Waals surface area contributed by atoms with Gasteiger partial charge in [0.2, 0.25) is 0 Å². The number of ether oxygens (including phenoxy) is 1. The molecule has 0 aliphatic carbocycles. The number of nitrogens with zero attached hydrogens (tertiary/aromatic N) is 1. The summed E-state index contributed by atoms with van der Waals surface area (Å²) in [5.41, 5.74) is 0.590. The van der Waals surface area contributed by atoms with Gasteiger partial charge in [0, 0.05) is 11.1 Å². The molecule has 0 bridgehead atoms. The number of sulfonamides is 1. The predicted octanol–water partition coefficient (Wildman–Crippen LogP) is 4.17. The standard InChI is InChI=1S/C20H18N2O6S2/c1-2-18(22(24)25)28-17-11-10-15(20(23)14-7-4-3-5-8-14)13-16(17)21-30(26,27)19-9-6-12-29-19/h3-13,18,21H,2H2,1H3. The van der Waals surface area contributed by atoms with Crippen molar-refractivity contribution in [1.82, 2.24) is 0 Å². The number of thiophene rings is 1. The largest absolute Gasteiger partial charge is 0.428 e. The molecule has 0 amide bonds. The van der Waals surface area contributed by atoms with Crippen LogP contribution < -0.4 is 9.46 Å². The van der Waals surface area contributed by atoms with Crippen LogP contribution in [-0.4, -0.2) is 25.4 Å². The molecule has 0 saturated carbocycles. The summed E-state index contributed by atoms with van der Waals surface area (Å²) in [5.74, 6) is -0.358. The Labute approximate surface area is 177 Å². The molecule has 3 aromatic rings. The number of nitrogens with one attached hydrogen (secondary N) is 1. The number of hydrogen-bond acceptors (Lipinski definition) is 7. The van der Waals surface area contributed by atoms with E-state index in [1.54, 1.807) is 48.7 Å². The van der Waals surface area contributed by atoms with Crippen molar-refractivity contribution >= 4 is 32.8 Å². The molecule has 0 fully saturated rings. The number of carbonyl (C=O) groups is 1. The normalized spacial score (nSPS) is 12.2. The Hall–Kier alpha value is -3.24. The van der Waals surface area contributed by atoms with Crippen LogP contribution in [0, 0.1) is 10.1 Å². The van der Waals surface area contributed by atoms with E-state index in [0.717, 1.165) is 11.3 Å². The number of hydrogen-bond donors (Lipinski definition) is 1.